The Morgan fingerprint density at radius 1 is 1.44 bits per heavy atom. The van der Waals surface area contributed by atoms with Crippen LogP contribution in [0.15, 0.2) is 24.4 Å². The van der Waals surface area contributed by atoms with Gasteiger partial charge in [0.1, 0.15) is 0 Å². The van der Waals surface area contributed by atoms with E-state index in [1.165, 1.54) is 0 Å². The Bertz CT molecular complexity index is 406. The van der Waals surface area contributed by atoms with E-state index in [-0.39, 0.29) is 12.3 Å². The van der Waals surface area contributed by atoms with Crippen molar-refractivity contribution < 1.29 is 14.7 Å². The van der Waals surface area contributed by atoms with Gasteiger partial charge in [-0.3, -0.25) is 14.6 Å². The van der Waals surface area contributed by atoms with Crippen LogP contribution in [0, 0.1) is 5.92 Å². The molecule has 1 atom stereocenters. The minimum Gasteiger partial charge on any atom is -0.481 e. The van der Waals surface area contributed by atoms with Crippen molar-refractivity contribution in [3.05, 3.63) is 30.1 Å². The van der Waals surface area contributed by atoms with E-state index in [2.05, 4.69) is 4.98 Å². The highest BCUT2D eigenvalue weighted by Crippen LogP contribution is 2.07. The molecule has 0 aliphatic rings. The first-order valence-corrected chi connectivity index (χ1v) is 5.87. The number of likely N-dealkylation sites (N-methyl/N-ethyl adjacent to an activating group) is 1. The van der Waals surface area contributed by atoms with Crippen LogP contribution in [0.1, 0.15) is 19.0 Å². The Kier molecular flexibility index (Phi) is 5.30. The number of aromatic nitrogens is 1. The van der Waals surface area contributed by atoms with Crippen molar-refractivity contribution in [3.63, 3.8) is 0 Å². The van der Waals surface area contributed by atoms with Crippen LogP contribution in [0.5, 0.6) is 0 Å². The van der Waals surface area contributed by atoms with E-state index in [1.807, 2.05) is 18.2 Å². The Morgan fingerprint density at radius 3 is 2.72 bits per heavy atom. The number of carboxylic acids is 1. The van der Waals surface area contributed by atoms with Crippen LogP contribution in [0.2, 0.25) is 0 Å². The maximum absolute atomic E-state index is 11.8. The van der Waals surface area contributed by atoms with Crippen molar-refractivity contribution in [2.24, 2.45) is 5.92 Å². The van der Waals surface area contributed by atoms with Gasteiger partial charge in [0, 0.05) is 37.8 Å². The molecule has 0 aromatic carbocycles. The third-order valence-corrected chi connectivity index (χ3v) is 2.71. The van der Waals surface area contributed by atoms with E-state index >= 15 is 0 Å². The van der Waals surface area contributed by atoms with E-state index in [1.54, 1.807) is 25.1 Å². The van der Waals surface area contributed by atoms with E-state index in [9.17, 15) is 9.59 Å². The lowest BCUT2D eigenvalue weighted by molar-refractivity contribution is -0.143. The van der Waals surface area contributed by atoms with Crippen molar-refractivity contribution in [1.82, 2.24) is 9.88 Å². The topological polar surface area (TPSA) is 70.5 Å². The number of hydrogen-bond acceptors (Lipinski definition) is 3. The van der Waals surface area contributed by atoms with E-state index in [0.29, 0.717) is 13.0 Å². The van der Waals surface area contributed by atoms with Crippen LogP contribution < -0.4 is 0 Å². The summed E-state index contributed by atoms with van der Waals surface area (Å²) < 4.78 is 0. The maximum Gasteiger partial charge on any atom is 0.304 e. The highest BCUT2D eigenvalue weighted by Gasteiger charge is 2.19. The van der Waals surface area contributed by atoms with E-state index in [0.717, 1.165) is 5.69 Å². The fourth-order valence-corrected chi connectivity index (χ4v) is 1.66. The fourth-order valence-electron chi connectivity index (χ4n) is 1.66. The Morgan fingerprint density at radius 2 is 2.17 bits per heavy atom. The largest absolute Gasteiger partial charge is 0.481 e. The molecule has 0 fully saturated rings. The first kappa shape index (κ1) is 14.2. The monoisotopic (exact) mass is 250 g/mol. The molecule has 1 aromatic heterocycles. The molecule has 5 nitrogen and oxygen atoms in total. The van der Waals surface area contributed by atoms with Gasteiger partial charge in [-0.15, -0.1) is 0 Å². The minimum absolute atomic E-state index is 0.132. The van der Waals surface area contributed by atoms with Gasteiger partial charge in [0.2, 0.25) is 5.91 Å². The molecule has 18 heavy (non-hydrogen) atoms. The number of amides is 1. The van der Waals surface area contributed by atoms with E-state index in [4.69, 9.17) is 5.11 Å². The molecular weight excluding hydrogens is 232 g/mol. The van der Waals surface area contributed by atoms with Gasteiger partial charge in [0.05, 0.1) is 6.42 Å². The highest BCUT2D eigenvalue weighted by molar-refractivity contribution is 5.82. The Labute approximate surface area is 106 Å². The summed E-state index contributed by atoms with van der Waals surface area (Å²) >= 11 is 0. The van der Waals surface area contributed by atoms with Gasteiger partial charge in [-0.25, -0.2) is 0 Å². The zero-order valence-electron chi connectivity index (χ0n) is 10.7. The number of carbonyl (C=O) groups is 2. The van der Waals surface area contributed by atoms with Gasteiger partial charge in [0.25, 0.3) is 0 Å². The van der Waals surface area contributed by atoms with Gasteiger partial charge >= 0.3 is 5.97 Å². The molecule has 0 aliphatic carbocycles. The van der Waals surface area contributed by atoms with Crippen molar-refractivity contribution >= 4 is 11.9 Å². The normalized spacial score (nSPS) is 11.9. The number of pyridine rings is 1. The second kappa shape index (κ2) is 6.74. The quantitative estimate of drug-likeness (QED) is 0.823. The molecular formula is C13H18N2O3. The molecule has 0 spiro atoms. The fraction of sp³-hybridized carbons (Fsp3) is 0.462. The summed E-state index contributed by atoms with van der Waals surface area (Å²) in [6.07, 6.45) is 2.25. The second-order valence-corrected chi connectivity index (χ2v) is 4.33. The van der Waals surface area contributed by atoms with Crippen LogP contribution in [0.4, 0.5) is 0 Å². The summed E-state index contributed by atoms with van der Waals surface area (Å²) in [4.78, 5) is 28.1. The Balaban J connectivity index is 2.43. The van der Waals surface area contributed by atoms with Gasteiger partial charge in [-0.1, -0.05) is 13.0 Å². The average molecular weight is 250 g/mol. The summed E-state index contributed by atoms with van der Waals surface area (Å²) in [7, 11) is 1.68. The van der Waals surface area contributed by atoms with Gasteiger partial charge in [-0.05, 0) is 12.1 Å². The molecule has 0 bridgehead atoms. The summed E-state index contributed by atoms with van der Waals surface area (Å²) in [6.45, 7) is 2.17. The number of rotatable bonds is 6. The predicted molar refractivity (Wildman–Crippen MR) is 67.0 cm³/mol. The highest BCUT2D eigenvalue weighted by atomic mass is 16.4. The summed E-state index contributed by atoms with van der Waals surface area (Å²) in [5.74, 6) is -1.58. The van der Waals surface area contributed by atoms with Crippen LogP contribution in [0.25, 0.3) is 0 Å². The molecule has 1 aromatic rings. The number of aliphatic carboxylic acids is 1. The van der Waals surface area contributed by atoms with Crippen LogP contribution in [-0.2, 0) is 16.0 Å². The minimum atomic E-state index is -0.950. The molecule has 0 saturated carbocycles. The molecule has 0 radical (unpaired) electrons. The summed E-state index contributed by atoms with van der Waals surface area (Å²) in [5.41, 5.74) is 0.919. The van der Waals surface area contributed by atoms with Crippen molar-refractivity contribution in [2.75, 3.05) is 13.6 Å². The average Bonchev–Trinajstić information content (AvgIpc) is 2.35. The number of carbonyl (C=O) groups excluding carboxylic acids is 1. The molecule has 1 unspecified atom stereocenters. The maximum atomic E-state index is 11.8. The number of carboxylic acid groups (broad SMARTS) is 1. The van der Waals surface area contributed by atoms with E-state index < -0.39 is 11.9 Å². The second-order valence-electron chi connectivity index (χ2n) is 4.33. The first-order valence-electron chi connectivity index (χ1n) is 5.87. The zero-order valence-corrected chi connectivity index (χ0v) is 10.7. The van der Waals surface area contributed by atoms with Crippen LogP contribution in [-0.4, -0.2) is 40.5 Å². The smallest absolute Gasteiger partial charge is 0.304 e. The summed E-state index contributed by atoms with van der Waals surface area (Å²) in [5, 5.41) is 8.64. The zero-order chi connectivity index (χ0) is 13.5. The molecule has 5 heteroatoms. The first-order chi connectivity index (χ1) is 8.50. The lowest BCUT2D eigenvalue weighted by atomic mass is 10.1. The third-order valence-electron chi connectivity index (χ3n) is 2.71. The molecule has 0 aliphatic heterocycles. The van der Waals surface area contributed by atoms with Gasteiger partial charge in [-0.2, -0.15) is 0 Å². The molecule has 1 heterocycles. The number of hydrogen-bond donors (Lipinski definition) is 1. The van der Waals surface area contributed by atoms with Gasteiger partial charge < -0.3 is 10.0 Å². The summed E-state index contributed by atoms with van der Waals surface area (Å²) in [6, 6.07) is 5.64. The lowest BCUT2D eigenvalue weighted by Gasteiger charge is -2.20. The molecule has 0 saturated heterocycles. The molecule has 1 amide bonds. The van der Waals surface area contributed by atoms with Crippen LogP contribution in [0.3, 0.4) is 0 Å². The van der Waals surface area contributed by atoms with Crippen LogP contribution >= 0.6 is 0 Å². The molecule has 1 rings (SSSR count). The standard InChI is InChI=1S/C13H18N2O3/c1-10(9-12(16)17)13(18)15(2)8-6-11-5-3-4-7-14-11/h3-5,7,10H,6,8-9H2,1-2H3,(H,16,17). The Hall–Kier alpha value is -1.91. The third kappa shape index (κ3) is 4.53. The van der Waals surface area contributed by atoms with Gasteiger partial charge in [0.15, 0.2) is 0 Å². The SMILES string of the molecule is CC(CC(=O)O)C(=O)N(C)CCc1ccccn1. The lowest BCUT2D eigenvalue weighted by Crippen LogP contribution is -2.34. The van der Waals surface area contributed by atoms with Crippen molar-refractivity contribution in [1.29, 1.82) is 0 Å². The molecule has 98 valence electrons. The van der Waals surface area contributed by atoms with Crippen molar-refractivity contribution in [2.45, 2.75) is 19.8 Å². The molecule has 1 N–H and O–H groups in total. The predicted octanol–water partition coefficient (Wildman–Crippen LogP) is 1.19. The van der Waals surface area contributed by atoms with Crippen molar-refractivity contribution in [3.8, 4) is 0 Å². The number of nitrogens with zero attached hydrogens (tertiary/aromatic N) is 2.